The number of urea groups is 1. The summed E-state index contributed by atoms with van der Waals surface area (Å²) in [6, 6.07) is 8.43. The van der Waals surface area contributed by atoms with Crippen LogP contribution in [0.1, 0.15) is 48.9 Å². The van der Waals surface area contributed by atoms with Gasteiger partial charge in [0.2, 0.25) is 0 Å². The predicted octanol–water partition coefficient (Wildman–Crippen LogP) is 5.15. The lowest BCUT2D eigenvalue weighted by Crippen LogP contribution is -2.47. The molecule has 0 aliphatic carbocycles. The number of carbonyl (C=O) groups excluding carboxylic acids is 2. The molecule has 8 heteroatoms. The molecule has 174 valence electrons. The summed E-state index contributed by atoms with van der Waals surface area (Å²) >= 11 is 6.19. The van der Waals surface area contributed by atoms with Crippen LogP contribution < -0.4 is 10.2 Å². The van der Waals surface area contributed by atoms with Gasteiger partial charge in [0.25, 0.3) is 5.91 Å². The molecule has 2 fully saturated rings. The first kappa shape index (κ1) is 22.2. The highest BCUT2D eigenvalue weighted by Crippen LogP contribution is 2.38. The number of fused-ring (bicyclic) bond motifs is 2. The van der Waals surface area contributed by atoms with Gasteiger partial charge in [-0.05, 0) is 88.0 Å². The number of nitrogens with one attached hydrogen (secondary N) is 1. The lowest BCUT2D eigenvalue weighted by atomic mass is 9.94. The van der Waals surface area contributed by atoms with Crippen LogP contribution in [0.15, 0.2) is 36.5 Å². The molecule has 0 radical (unpaired) electrons. The zero-order chi connectivity index (χ0) is 22.8. The number of hydrogen-bond acceptors (Lipinski definition) is 4. The van der Waals surface area contributed by atoms with Crippen LogP contribution in [-0.4, -0.2) is 59.4 Å². The second kappa shape index (κ2) is 9.69. The molecule has 3 aliphatic heterocycles. The Bertz CT molecular complexity index is 1040. The fourth-order valence-electron chi connectivity index (χ4n) is 5.22. The van der Waals surface area contributed by atoms with E-state index in [9.17, 15) is 9.59 Å². The van der Waals surface area contributed by atoms with E-state index in [2.05, 4.69) is 15.2 Å². The highest BCUT2D eigenvalue weighted by molar-refractivity contribution is 6.31. The van der Waals surface area contributed by atoms with E-state index >= 15 is 0 Å². The third-order valence-electron chi connectivity index (χ3n) is 6.97. The van der Waals surface area contributed by atoms with Crippen molar-refractivity contribution in [2.24, 2.45) is 5.92 Å². The maximum Gasteiger partial charge on any atom is 0.330 e. The minimum Gasteiger partial charge on any atom is -0.324 e. The van der Waals surface area contributed by atoms with Gasteiger partial charge in [-0.25, -0.2) is 14.7 Å². The molecule has 3 aliphatic rings. The van der Waals surface area contributed by atoms with Crippen molar-refractivity contribution >= 4 is 40.7 Å². The molecule has 1 atom stereocenters. The Hall–Kier alpha value is -2.64. The van der Waals surface area contributed by atoms with E-state index in [1.807, 2.05) is 4.90 Å². The number of likely N-dealkylation sites (tertiary alicyclic amines) is 2. The molecule has 0 saturated carbocycles. The quantitative estimate of drug-likeness (QED) is 0.678. The average molecular weight is 468 g/mol. The van der Waals surface area contributed by atoms with Crippen LogP contribution in [0.4, 0.5) is 22.0 Å². The molecule has 2 saturated heterocycles. The summed E-state index contributed by atoms with van der Waals surface area (Å²) in [5, 5.41) is 3.33. The zero-order valence-electron chi connectivity index (χ0n) is 18.8. The Morgan fingerprint density at radius 2 is 1.97 bits per heavy atom. The van der Waals surface area contributed by atoms with Gasteiger partial charge in [0.15, 0.2) is 5.82 Å². The minimum absolute atomic E-state index is 0.141. The molecule has 0 bridgehead atoms. The number of amides is 3. The van der Waals surface area contributed by atoms with Crippen LogP contribution in [0, 0.1) is 5.92 Å². The van der Waals surface area contributed by atoms with Crippen molar-refractivity contribution in [3.8, 4) is 0 Å². The normalized spacial score (nSPS) is 21.1. The third-order valence-corrected chi connectivity index (χ3v) is 7.21. The van der Waals surface area contributed by atoms with Crippen LogP contribution in [0.5, 0.6) is 0 Å². The van der Waals surface area contributed by atoms with Gasteiger partial charge >= 0.3 is 6.03 Å². The van der Waals surface area contributed by atoms with Crippen molar-refractivity contribution in [1.29, 1.82) is 0 Å². The summed E-state index contributed by atoms with van der Waals surface area (Å²) in [6.45, 7) is 4.95. The van der Waals surface area contributed by atoms with Gasteiger partial charge in [0.05, 0.1) is 16.9 Å². The van der Waals surface area contributed by atoms with Gasteiger partial charge < -0.3 is 15.1 Å². The number of carbonyl (C=O) groups is 2. The number of hydrogen-bond donors (Lipinski definition) is 1. The first-order chi connectivity index (χ1) is 16.1. The summed E-state index contributed by atoms with van der Waals surface area (Å²) in [5.41, 5.74) is 1.39. The van der Waals surface area contributed by atoms with Crippen molar-refractivity contribution in [3.05, 3.63) is 47.1 Å². The molecule has 3 amide bonds. The fourth-order valence-corrected chi connectivity index (χ4v) is 5.39. The van der Waals surface area contributed by atoms with E-state index in [1.165, 1.54) is 32.4 Å². The van der Waals surface area contributed by atoms with Gasteiger partial charge in [-0.15, -0.1) is 0 Å². The number of piperidine rings is 2. The second-order valence-corrected chi connectivity index (χ2v) is 9.69. The van der Waals surface area contributed by atoms with E-state index in [0.717, 1.165) is 32.4 Å². The molecule has 1 N–H and O–H groups in total. The van der Waals surface area contributed by atoms with E-state index in [0.29, 0.717) is 40.2 Å². The van der Waals surface area contributed by atoms with Gasteiger partial charge in [-0.2, -0.15) is 0 Å². The van der Waals surface area contributed by atoms with Crippen LogP contribution in [0.25, 0.3) is 0 Å². The Labute approximate surface area is 199 Å². The Balaban J connectivity index is 1.39. The van der Waals surface area contributed by atoms with Crippen molar-refractivity contribution in [1.82, 2.24) is 14.8 Å². The monoisotopic (exact) mass is 467 g/mol. The molecule has 1 unspecified atom stereocenters. The largest absolute Gasteiger partial charge is 0.330 e. The molecule has 1 aromatic heterocycles. The highest BCUT2D eigenvalue weighted by Gasteiger charge is 2.35. The van der Waals surface area contributed by atoms with Crippen LogP contribution in [0.2, 0.25) is 5.02 Å². The van der Waals surface area contributed by atoms with Gasteiger partial charge in [0, 0.05) is 24.3 Å². The van der Waals surface area contributed by atoms with Gasteiger partial charge in [0.1, 0.15) is 0 Å². The van der Waals surface area contributed by atoms with Crippen LogP contribution in [-0.2, 0) is 0 Å². The number of nitrogens with zero attached hydrogens (tertiary/aromatic N) is 4. The van der Waals surface area contributed by atoms with Crippen molar-refractivity contribution < 1.29 is 9.59 Å². The number of aromatic nitrogens is 1. The van der Waals surface area contributed by atoms with Gasteiger partial charge in [-0.1, -0.05) is 18.0 Å². The first-order valence-corrected chi connectivity index (χ1v) is 12.4. The highest BCUT2D eigenvalue weighted by atomic mass is 35.5. The van der Waals surface area contributed by atoms with Crippen molar-refractivity contribution in [2.45, 2.75) is 38.5 Å². The van der Waals surface area contributed by atoms with Crippen molar-refractivity contribution in [3.63, 3.8) is 0 Å². The molecule has 7 nitrogen and oxygen atoms in total. The number of pyridine rings is 1. The molecule has 0 spiro atoms. The lowest BCUT2D eigenvalue weighted by Gasteiger charge is -2.37. The maximum absolute atomic E-state index is 13.9. The summed E-state index contributed by atoms with van der Waals surface area (Å²) in [5.74, 6) is 0.631. The van der Waals surface area contributed by atoms with E-state index in [1.54, 1.807) is 41.4 Å². The molecule has 5 rings (SSSR count). The molecule has 33 heavy (non-hydrogen) atoms. The Kier molecular flexibility index (Phi) is 6.51. The summed E-state index contributed by atoms with van der Waals surface area (Å²) in [4.78, 5) is 37.3. The smallest absolute Gasteiger partial charge is 0.324 e. The van der Waals surface area contributed by atoms with E-state index in [4.69, 9.17) is 11.6 Å². The molecule has 4 heterocycles. The molecule has 2 aromatic rings. The standard InChI is InChI=1S/C25H30ClN5O2/c26-19-8-9-22-20(16-19)24(32)28-21-7-4-11-27-23(21)31(22)25(33)30-14-5-6-18(17-30)10-15-29-12-2-1-3-13-29/h4,7-9,11,16,18H,1-3,5-6,10,12-15,17H2,(H,28,32). The maximum atomic E-state index is 13.9. The fraction of sp³-hybridized carbons (Fsp3) is 0.480. The van der Waals surface area contributed by atoms with Gasteiger partial charge in [-0.3, -0.25) is 4.79 Å². The summed E-state index contributed by atoms with van der Waals surface area (Å²) in [6.07, 6.45) is 8.84. The molecular formula is C25H30ClN5O2. The SMILES string of the molecule is O=C1Nc2cccnc2N(C(=O)N2CCCC(CCN3CCCCC3)C2)c2ccc(Cl)cc21. The topological polar surface area (TPSA) is 68.8 Å². The predicted molar refractivity (Wildman–Crippen MR) is 130 cm³/mol. The number of anilines is 3. The van der Waals surface area contributed by atoms with E-state index in [-0.39, 0.29) is 11.9 Å². The first-order valence-electron chi connectivity index (χ1n) is 12.0. The van der Waals surface area contributed by atoms with Crippen LogP contribution >= 0.6 is 11.6 Å². The van der Waals surface area contributed by atoms with Crippen molar-refractivity contribution in [2.75, 3.05) is 42.9 Å². The summed E-state index contributed by atoms with van der Waals surface area (Å²) in [7, 11) is 0. The number of benzene rings is 1. The average Bonchev–Trinajstić information content (AvgIpc) is 2.97. The third kappa shape index (κ3) is 4.70. The Morgan fingerprint density at radius 1 is 1.12 bits per heavy atom. The summed E-state index contributed by atoms with van der Waals surface area (Å²) < 4.78 is 0. The number of halogens is 1. The molecule has 1 aromatic carbocycles. The zero-order valence-corrected chi connectivity index (χ0v) is 19.6. The second-order valence-electron chi connectivity index (χ2n) is 9.25. The van der Waals surface area contributed by atoms with E-state index < -0.39 is 0 Å². The minimum atomic E-state index is -0.296. The molecular weight excluding hydrogens is 438 g/mol. The Morgan fingerprint density at radius 3 is 2.82 bits per heavy atom. The number of rotatable bonds is 3. The van der Waals surface area contributed by atoms with Crippen LogP contribution in [0.3, 0.4) is 0 Å². The lowest BCUT2D eigenvalue weighted by molar-refractivity contribution is 0.102.